The minimum absolute atomic E-state index is 0.255. The Hall–Kier alpha value is -1.67. The first-order valence-corrected chi connectivity index (χ1v) is 6.61. The van der Waals surface area contributed by atoms with Gasteiger partial charge in [0.15, 0.2) is 0 Å². The average molecular weight is 303 g/mol. The van der Waals surface area contributed by atoms with E-state index in [1.165, 1.54) is 18.2 Å². The molecular weight excluding hydrogens is 291 g/mol. The Morgan fingerprint density at radius 2 is 2.05 bits per heavy atom. The first-order chi connectivity index (χ1) is 9.42. The number of alkyl halides is 3. The van der Waals surface area contributed by atoms with Crippen molar-refractivity contribution in [2.45, 2.75) is 25.7 Å². The SMILES string of the molecule is CCc1nnsc1C(N)c1ccccc1OC(F)(F)F. The van der Waals surface area contributed by atoms with Crippen molar-refractivity contribution in [1.82, 2.24) is 9.59 Å². The van der Waals surface area contributed by atoms with Crippen LogP contribution in [0.25, 0.3) is 0 Å². The Balaban J connectivity index is 2.37. The lowest BCUT2D eigenvalue weighted by molar-refractivity contribution is -0.274. The predicted octanol–water partition coefficient (Wildman–Crippen LogP) is 3.05. The molecule has 8 heteroatoms. The van der Waals surface area contributed by atoms with E-state index < -0.39 is 12.4 Å². The van der Waals surface area contributed by atoms with Gasteiger partial charge in [0, 0.05) is 5.56 Å². The molecule has 1 aromatic carbocycles. The maximum atomic E-state index is 12.4. The Morgan fingerprint density at radius 1 is 1.35 bits per heavy atom. The summed E-state index contributed by atoms with van der Waals surface area (Å²) in [7, 11) is 0. The third-order valence-corrected chi connectivity index (χ3v) is 3.53. The fraction of sp³-hybridized carbons (Fsp3) is 0.333. The van der Waals surface area contributed by atoms with Crippen LogP contribution in [0.1, 0.15) is 29.1 Å². The topological polar surface area (TPSA) is 61.0 Å². The summed E-state index contributed by atoms with van der Waals surface area (Å²) in [6.07, 6.45) is -4.14. The van der Waals surface area contributed by atoms with Crippen molar-refractivity contribution in [3.05, 3.63) is 40.4 Å². The lowest BCUT2D eigenvalue weighted by atomic mass is 10.0. The van der Waals surface area contributed by atoms with E-state index in [2.05, 4.69) is 14.3 Å². The zero-order chi connectivity index (χ0) is 14.8. The van der Waals surface area contributed by atoms with Crippen LogP contribution in [0.15, 0.2) is 24.3 Å². The van der Waals surface area contributed by atoms with Crippen molar-refractivity contribution >= 4 is 11.5 Å². The van der Waals surface area contributed by atoms with Gasteiger partial charge in [0.25, 0.3) is 0 Å². The van der Waals surface area contributed by atoms with Crippen LogP contribution in [0.4, 0.5) is 13.2 Å². The average Bonchev–Trinajstić information content (AvgIpc) is 2.85. The molecule has 1 heterocycles. The van der Waals surface area contributed by atoms with E-state index in [-0.39, 0.29) is 11.3 Å². The number of para-hydroxylation sites is 1. The van der Waals surface area contributed by atoms with E-state index in [1.54, 1.807) is 6.07 Å². The molecule has 0 aliphatic heterocycles. The highest BCUT2D eigenvalue weighted by Gasteiger charge is 2.33. The molecule has 2 N–H and O–H groups in total. The molecule has 0 saturated heterocycles. The van der Waals surface area contributed by atoms with E-state index in [4.69, 9.17) is 5.73 Å². The van der Waals surface area contributed by atoms with Gasteiger partial charge < -0.3 is 10.5 Å². The Kier molecular flexibility index (Phi) is 4.24. The Labute approximate surface area is 117 Å². The number of hydrogen-bond acceptors (Lipinski definition) is 5. The summed E-state index contributed by atoms with van der Waals surface area (Å²) in [6, 6.07) is 5.07. The van der Waals surface area contributed by atoms with Crippen molar-refractivity contribution in [2.75, 3.05) is 0 Å². The molecule has 0 spiro atoms. The third-order valence-electron chi connectivity index (χ3n) is 2.68. The van der Waals surface area contributed by atoms with Gasteiger partial charge >= 0.3 is 6.36 Å². The zero-order valence-corrected chi connectivity index (χ0v) is 11.3. The van der Waals surface area contributed by atoms with Crippen LogP contribution in [-0.4, -0.2) is 15.9 Å². The van der Waals surface area contributed by atoms with Crippen molar-refractivity contribution in [3.8, 4) is 5.75 Å². The summed E-state index contributed by atoms with van der Waals surface area (Å²) in [6.45, 7) is 1.88. The van der Waals surface area contributed by atoms with E-state index in [0.29, 0.717) is 17.0 Å². The molecule has 20 heavy (non-hydrogen) atoms. The minimum atomic E-state index is -4.75. The van der Waals surface area contributed by atoms with E-state index in [1.807, 2.05) is 6.92 Å². The first-order valence-electron chi connectivity index (χ1n) is 5.83. The number of halogens is 3. The van der Waals surface area contributed by atoms with Gasteiger partial charge in [-0.05, 0) is 24.0 Å². The largest absolute Gasteiger partial charge is 0.573 e. The minimum Gasteiger partial charge on any atom is -0.405 e. The second kappa shape index (κ2) is 5.76. The molecule has 0 bridgehead atoms. The monoisotopic (exact) mass is 303 g/mol. The molecule has 1 unspecified atom stereocenters. The summed E-state index contributed by atoms with van der Waals surface area (Å²) in [5, 5.41) is 3.91. The van der Waals surface area contributed by atoms with Gasteiger partial charge in [0.05, 0.1) is 16.6 Å². The van der Waals surface area contributed by atoms with Crippen LogP contribution in [0.2, 0.25) is 0 Å². The second-order valence-corrected chi connectivity index (χ2v) is 4.79. The Morgan fingerprint density at radius 3 is 2.70 bits per heavy atom. The molecule has 2 rings (SSSR count). The first kappa shape index (κ1) is 14.7. The molecular formula is C12H12F3N3OS. The number of hydrogen-bond donors (Lipinski definition) is 1. The van der Waals surface area contributed by atoms with E-state index in [0.717, 1.165) is 11.5 Å². The molecule has 108 valence electrons. The van der Waals surface area contributed by atoms with Gasteiger partial charge in [0.2, 0.25) is 0 Å². The molecule has 0 aliphatic rings. The smallest absolute Gasteiger partial charge is 0.405 e. The van der Waals surface area contributed by atoms with Crippen LogP contribution in [-0.2, 0) is 6.42 Å². The number of ether oxygens (including phenoxy) is 1. The summed E-state index contributed by atoms with van der Waals surface area (Å²) in [5.41, 5.74) is 6.98. The quantitative estimate of drug-likeness (QED) is 0.943. The van der Waals surface area contributed by atoms with Crippen LogP contribution in [0.3, 0.4) is 0 Å². The molecule has 0 radical (unpaired) electrons. The molecule has 1 atom stereocenters. The number of benzene rings is 1. The van der Waals surface area contributed by atoms with Gasteiger partial charge in [-0.15, -0.1) is 18.3 Å². The maximum absolute atomic E-state index is 12.4. The van der Waals surface area contributed by atoms with E-state index >= 15 is 0 Å². The summed E-state index contributed by atoms with van der Waals surface area (Å²) in [4.78, 5) is 0.644. The highest BCUT2D eigenvalue weighted by Crippen LogP contribution is 2.34. The van der Waals surface area contributed by atoms with Gasteiger partial charge in [0.1, 0.15) is 5.75 Å². The predicted molar refractivity (Wildman–Crippen MR) is 68.4 cm³/mol. The van der Waals surface area contributed by atoms with Crippen LogP contribution in [0, 0.1) is 0 Å². The molecule has 0 aliphatic carbocycles. The summed E-state index contributed by atoms with van der Waals surface area (Å²) >= 11 is 1.08. The van der Waals surface area contributed by atoms with E-state index in [9.17, 15) is 13.2 Å². The zero-order valence-electron chi connectivity index (χ0n) is 10.5. The molecule has 0 saturated carbocycles. The maximum Gasteiger partial charge on any atom is 0.573 e. The number of aryl methyl sites for hydroxylation is 1. The van der Waals surface area contributed by atoms with Crippen LogP contribution >= 0.6 is 11.5 Å². The number of nitrogens with two attached hydrogens (primary N) is 1. The number of aromatic nitrogens is 2. The van der Waals surface area contributed by atoms with Gasteiger partial charge in [-0.1, -0.05) is 29.6 Å². The lowest BCUT2D eigenvalue weighted by Crippen LogP contribution is -2.20. The molecule has 4 nitrogen and oxygen atoms in total. The van der Waals surface area contributed by atoms with Crippen LogP contribution in [0.5, 0.6) is 5.75 Å². The standard InChI is InChI=1S/C12H12F3N3OS/c1-2-8-11(20-18-17-8)10(16)7-5-3-4-6-9(7)19-12(13,14)15/h3-6,10H,2,16H2,1H3. The summed E-state index contributed by atoms with van der Waals surface area (Å²) in [5.74, 6) is -0.303. The highest BCUT2D eigenvalue weighted by atomic mass is 32.1. The van der Waals surface area contributed by atoms with Gasteiger partial charge in [-0.3, -0.25) is 0 Å². The third kappa shape index (κ3) is 3.26. The van der Waals surface area contributed by atoms with Crippen molar-refractivity contribution < 1.29 is 17.9 Å². The van der Waals surface area contributed by atoms with Gasteiger partial charge in [-0.25, -0.2) is 0 Å². The highest BCUT2D eigenvalue weighted by molar-refractivity contribution is 7.05. The van der Waals surface area contributed by atoms with Gasteiger partial charge in [-0.2, -0.15) is 0 Å². The fourth-order valence-corrected chi connectivity index (χ4v) is 2.55. The molecule has 0 fully saturated rings. The van der Waals surface area contributed by atoms with Crippen LogP contribution < -0.4 is 10.5 Å². The fourth-order valence-electron chi connectivity index (χ4n) is 1.79. The van der Waals surface area contributed by atoms with Crippen molar-refractivity contribution in [1.29, 1.82) is 0 Å². The molecule has 0 amide bonds. The molecule has 1 aromatic heterocycles. The number of rotatable bonds is 4. The normalized spacial score (nSPS) is 13.2. The number of nitrogens with zero attached hydrogens (tertiary/aromatic N) is 2. The summed E-state index contributed by atoms with van der Waals surface area (Å²) < 4.78 is 45.0. The molecule has 2 aromatic rings. The lowest BCUT2D eigenvalue weighted by Gasteiger charge is -2.17. The Bertz CT molecular complexity index is 585. The second-order valence-electron chi connectivity index (χ2n) is 4.00. The van der Waals surface area contributed by atoms with Crippen molar-refractivity contribution in [2.24, 2.45) is 5.73 Å². The van der Waals surface area contributed by atoms with Crippen molar-refractivity contribution in [3.63, 3.8) is 0 Å².